The van der Waals surface area contributed by atoms with Crippen LogP contribution in [0.15, 0.2) is 11.1 Å². The van der Waals surface area contributed by atoms with Gasteiger partial charge in [-0.25, -0.2) is 0 Å². The van der Waals surface area contributed by atoms with Gasteiger partial charge in [-0.15, -0.1) is 0 Å². The molecule has 3 aliphatic rings. The Morgan fingerprint density at radius 1 is 1.36 bits per heavy atom. The summed E-state index contributed by atoms with van der Waals surface area (Å²) in [6.45, 7) is 7.12. The van der Waals surface area contributed by atoms with Crippen LogP contribution in [-0.2, 0) is 0 Å². The summed E-state index contributed by atoms with van der Waals surface area (Å²) in [5, 5.41) is 0. The minimum atomic E-state index is 0. The van der Waals surface area contributed by atoms with Gasteiger partial charge in [-0.1, -0.05) is 25.0 Å². The maximum absolute atomic E-state index is 2.40. The van der Waals surface area contributed by atoms with Gasteiger partial charge in [-0.2, -0.15) is 0 Å². The first-order chi connectivity index (χ1) is 4.62. The fraction of sp³-hybridized carbons (Fsp3) is 0.800. The van der Waals surface area contributed by atoms with Gasteiger partial charge in [0.05, 0.1) is 0 Å². The van der Waals surface area contributed by atoms with Gasteiger partial charge in [0.15, 0.2) is 0 Å². The van der Waals surface area contributed by atoms with Crippen LogP contribution in [0.4, 0.5) is 0 Å². The van der Waals surface area contributed by atoms with Crippen molar-refractivity contribution in [3.63, 3.8) is 0 Å². The molecule has 0 aliphatic heterocycles. The maximum atomic E-state index is 2.40. The fourth-order valence-electron chi connectivity index (χ4n) is 2.61. The van der Waals surface area contributed by atoms with E-state index in [0.717, 1.165) is 5.92 Å². The standard InChI is InChI=1S/C10H16.Ge/c1-7-4-5-8-6-9(7)10(8,2)3;/h8H,4-6H2,1-3H3;. The van der Waals surface area contributed by atoms with Crippen molar-refractivity contribution in [2.75, 3.05) is 0 Å². The smallest absolute Gasteiger partial charge is 0 e. The van der Waals surface area contributed by atoms with Crippen molar-refractivity contribution in [3.05, 3.63) is 11.1 Å². The van der Waals surface area contributed by atoms with Crippen molar-refractivity contribution in [1.82, 2.24) is 0 Å². The first-order valence-corrected chi connectivity index (χ1v) is 4.31. The molecule has 3 rings (SSSR count). The summed E-state index contributed by atoms with van der Waals surface area (Å²) in [6, 6.07) is 0. The van der Waals surface area contributed by atoms with Crippen molar-refractivity contribution in [1.29, 1.82) is 0 Å². The second kappa shape index (κ2) is 2.65. The summed E-state index contributed by atoms with van der Waals surface area (Å²) < 4.78 is 0. The minimum Gasteiger partial charge on any atom is -0.0735 e. The second-order valence-electron chi connectivity index (χ2n) is 4.42. The van der Waals surface area contributed by atoms with E-state index in [1.54, 1.807) is 11.1 Å². The van der Waals surface area contributed by atoms with E-state index in [2.05, 4.69) is 20.8 Å². The Morgan fingerprint density at radius 2 is 2.00 bits per heavy atom. The Hall–Kier alpha value is 0.283. The Bertz CT molecular complexity index is 201. The molecule has 4 radical (unpaired) electrons. The van der Waals surface area contributed by atoms with Crippen molar-refractivity contribution < 1.29 is 0 Å². The molecule has 0 aromatic heterocycles. The summed E-state index contributed by atoms with van der Waals surface area (Å²) in [4.78, 5) is 0. The Labute approximate surface area is 80.4 Å². The van der Waals surface area contributed by atoms with E-state index in [0.29, 0.717) is 5.41 Å². The molecule has 0 nitrogen and oxygen atoms in total. The predicted octanol–water partition coefficient (Wildman–Crippen LogP) is 2.76. The number of hydrogen-bond donors (Lipinski definition) is 0. The molecule has 1 saturated carbocycles. The van der Waals surface area contributed by atoms with Crippen LogP contribution < -0.4 is 0 Å². The van der Waals surface area contributed by atoms with Crippen LogP contribution in [0.1, 0.15) is 40.0 Å². The molecule has 0 N–H and O–H groups in total. The van der Waals surface area contributed by atoms with Crippen LogP contribution in [0.5, 0.6) is 0 Å². The van der Waals surface area contributed by atoms with Crippen LogP contribution in [-0.4, -0.2) is 17.6 Å². The van der Waals surface area contributed by atoms with E-state index < -0.39 is 0 Å². The van der Waals surface area contributed by atoms with Gasteiger partial charge in [0.1, 0.15) is 0 Å². The third-order valence-electron chi connectivity index (χ3n) is 3.63. The Kier molecular flexibility index (Phi) is 2.26. The molecular weight excluding hydrogens is 193 g/mol. The number of rotatable bonds is 0. The first kappa shape index (κ1) is 9.37. The summed E-state index contributed by atoms with van der Waals surface area (Å²) in [7, 11) is 0. The topological polar surface area (TPSA) is 0 Å². The third kappa shape index (κ3) is 1.10. The van der Waals surface area contributed by atoms with Gasteiger partial charge in [0.2, 0.25) is 0 Å². The van der Waals surface area contributed by atoms with E-state index in [4.69, 9.17) is 0 Å². The van der Waals surface area contributed by atoms with Crippen LogP contribution in [0, 0.1) is 11.3 Å². The van der Waals surface area contributed by atoms with Crippen LogP contribution in [0.2, 0.25) is 0 Å². The normalized spacial score (nSPS) is 32.5. The van der Waals surface area contributed by atoms with Crippen LogP contribution in [0.25, 0.3) is 0 Å². The molecule has 60 valence electrons. The minimum absolute atomic E-state index is 0. The molecule has 0 aromatic carbocycles. The van der Waals surface area contributed by atoms with Gasteiger partial charge in [-0.05, 0) is 37.5 Å². The molecule has 2 bridgehead atoms. The zero-order valence-corrected chi connectivity index (χ0v) is 9.80. The summed E-state index contributed by atoms with van der Waals surface area (Å²) in [5.74, 6) is 1.02. The van der Waals surface area contributed by atoms with Crippen LogP contribution >= 0.6 is 0 Å². The molecule has 0 amide bonds. The molecule has 3 aliphatic carbocycles. The Balaban J connectivity index is 0.000000605. The molecule has 0 heterocycles. The monoisotopic (exact) mass is 210 g/mol. The second-order valence-corrected chi connectivity index (χ2v) is 4.42. The maximum Gasteiger partial charge on any atom is 0 e. The third-order valence-corrected chi connectivity index (χ3v) is 3.63. The van der Waals surface area contributed by atoms with Gasteiger partial charge in [0, 0.05) is 17.6 Å². The van der Waals surface area contributed by atoms with E-state index in [1.165, 1.54) is 19.3 Å². The van der Waals surface area contributed by atoms with Crippen LogP contribution in [0.3, 0.4) is 0 Å². The summed E-state index contributed by atoms with van der Waals surface area (Å²) in [6.07, 6.45) is 4.24. The summed E-state index contributed by atoms with van der Waals surface area (Å²) in [5.41, 5.74) is 4.04. The van der Waals surface area contributed by atoms with E-state index in [-0.39, 0.29) is 17.6 Å². The molecule has 1 fully saturated rings. The van der Waals surface area contributed by atoms with Gasteiger partial charge < -0.3 is 0 Å². The molecule has 0 spiro atoms. The zero-order valence-electron chi connectivity index (χ0n) is 7.70. The molecule has 1 atom stereocenters. The quantitative estimate of drug-likeness (QED) is 0.424. The van der Waals surface area contributed by atoms with Gasteiger partial charge in [-0.3, -0.25) is 0 Å². The van der Waals surface area contributed by atoms with E-state index >= 15 is 0 Å². The van der Waals surface area contributed by atoms with Crippen molar-refractivity contribution in [2.45, 2.75) is 40.0 Å². The van der Waals surface area contributed by atoms with Gasteiger partial charge in [0.25, 0.3) is 0 Å². The van der Waals surface area contributed by atoms with Gasteiger partial charge >= 0.3 is 0 Å². The predicted molar refractivity (Wildman–Crippen MR) is 49.6 cm³/mol. The Morgan fingerprint density at radius 3 is 2.27 bits per heavy atom. The molecule has 1 heteroatoms. The molecular formula is C10H16Ge. The number of fused-ring (bicyclic) bond motifs is 2. The average molecular weight is 209 g/mol. The molecule has 0 aromatic rings. The zero-order chi connectivity index (χ0) is 7.35. The van der Waals surface area contributed by atoms with E-state index in [9.17, 15) is 0 Å². The average Bonchev–Trinajstić information content (AvgIpc) is 1.87. The fourth-order valence-corrected chi connectivity index (χ4v) is 2.61. The molecule has 11 heavy (non-hydrogen) atoms. The van der Waals surface area contributed by atoms with Crippen molar-refractivity contribution in [3.8, 4) is 0 Å². The van der Waals surface area contributed by atoms with Crippen molar-refractivity contribution >= 4 is 17.6 Å². The summed E-state index contributed by atoms with van der Waals surface area (Å²) >= 11 is 0. The molecule has 0 saturated heterocycles. The van der Waals surface area contributed by atoms with E-state index in [1.807, 2.05) is 0 Å². The number of hydrogen-bond acceptors (Lipinski definition) is 0. The largest absolute Gasteiger partial charge is 0.0735 e. The SMILES string of the molecule is CC1=C2CC(CC1)C2(C)C.[Ge]. The first-order valence-electron chi connectivity index (χ1n) is 4.31. The molecule has 1 unspecified atom stereocenters. The van der Waals surface area contributed by atoms with Crippen molar-refractivity contribution in [2.24, 2.45) is 11.3 Å². The number of allylic oxidation sites excluding steroid dienone is 2.